The number of rotatable bonds is 4. The number of alkyl halides is 3. The Hall–Kier alpha value is -1.79. The fraction of sp³-hybridized carbons (Fsp3) is 0.571. The van der Waals surface area contributed by atoms with Gasteiger partial charge in [0.25, 0.3) is 0 Å². The van der Waals surface area contributed by atoms with Gasteiger partial charge in [-0.1, -0.05) is 0 Å². The van der Waals surface area contributed by atoms with Crippen LogP contribution in [0.1, 0.15) is 30.4 Å². The lowest BCUT2D eigenvalue weighted by Gasteiger charge is -2.43. The highest BCUT2D eigenvalue weighted by Gasteiger charge is 2.59. The summed E-state index contributed by atoms with van der Waals surface area (Å²) in [6.45, 7) is 2.18. The number of aromatic nitrogens is 1. The van der Waals surface area contributed by atoms with Crippen LogP contribution in [-0.4, -0.2) is 29.3 Å². The molecule has 21 heavy (non-hydrogen) atoms. The topological polar surface area (TPSA) is 54.0 Å². The predicted octanol–water partition coefficient (Wildman–Crippen LogP) is 2.72. The molecule has 2 amide bonds. The Morgan fingerprint density at radius 2 is 2.14 bits per heavy atom. The van der Waals surface area contributed by atoms with Crippen molar-refractivity contribution in [2.75, 3.05) is 6.54 Å². The minimum absolute atomic E-state index is 0.0482. The Bertz CT molecular complexity index is 512. The molecule has 0 radical (unpaired) electrons. The van der Waals surface area contributed by atoms with Gasteiger partial charge < -0.3 is 10.6 Å². The molecule has 0 spiro atoms. The lowest BCUT2D eigenvalue weighted by molar-refractivity contribution is -0.214. The number of carbonyl (C=O) groups is 1. The minimum atomic E-state index is -4.40. The molecule has 0 saturated heterocycles. The average Bonchev–Trinajstić information content (AvgIpc) is 2.34. The van der Waals surface area contributed by atoms with E-state index in [2.05, 4.69) is 15.6 Å². The van der Waals surface area contributed by atoms with Crippen LogP contribution in [0.4, 0.5) is 18.0 Å². The summed E-state index contributed by atoms with van der Waals surface area (Å²) >= 11 is 0. The number of amides is 2. The molecule has 0 aliphatic heterocycles. The second-order valence-electron chi connectivity index (χ2n) is 5.37. The quantitative estimate of drug-likeness (QED) is 0.898. The maximum absolute atomic E-state index is 12.9. The molecule has 0 unspecified atom stereocenters. The van der Waals surface area contributed by atoms with Gasteiger partial charge in [0.15, 0.2) is 0 Å². The fourth-order valence-corrected chi connectivity index (χ4v) is 2.36. The van der Waals surface area contributed by atoms with Gasteiger partial charge in [0, 0.05) is 18.9 Å². The molecule has 1 aromatic rings. The molecule has 1 aromatic heterocycles. The summed E-state index contributed by atoms with van der Waals surface area (Å²) in [5.74, 6) is 0. The Morgan fingerprint density at radius 1 is 1.43 bits per heavy atom. The highest BCUT2D eigenvalue weighted by molar-refractivity contribution is 5.75. The van der Waals surface area contributed by atoms with Gasteiger partial charge in [-0.2, -0.15) is 13.2 Å². The largest absolute Gasteiger partial charge is 0.411 e. The zero-order valence-electron chi connectivity index (χ0n) is 11.8. The molecule has 2 rings (SSSR count). The number of hydrogen-bond acceptors (Lipinski definition) is 2. The van der Waals surface area contributed by atoms with E-state index in [0.717, 1.165) is 11.1 Å². The molecule has 0 aromatic carbocycles. The van der Waals surface area contributed by atoms with Crippen molar-refractivity contribution in [1.29, 1.82) is 0 Å². The van der Waals surface area contributed by atoms with Crippen molar-refractivity contribution in [1.82, 2.24) is 15.6 Å². The van der Waals surface area contributed by atoms with Crippen molar-refractivity contribution in [2.24, 2.45) is 0 Å². The molecule has 1 aliphatic carbocycles. The van der Waals surface area contributed by atoms with Crippen LogP contribution in [0, 0.1) is 6.92 Å². The third-order valence-electron chi connectivity index (χ3n) is 3.92. The first-order valence-electron chi connectivity index (χ1n) is 6.86. The summed E-state index contributed by atoms with van der Waals surface area (Å²) in [5.41, 5.74) is -0.0335. The number of urea groups is 1. The maximum atomic E-state index is 12.9. The van der Waals surface area contributed by atoms with E-state index < -0.39 is 17.7 Å². The second kappa shape index (κ2) is 5.91. The molecule has 4 nitrogen and oxygen atoms in total. The Balaban J connectivity index is 1.82. The van der Waals surface area contributed by atoms with Gasteiger partial charge in [-0.15, -0.1) is 0 Å². The van der Waals surface area contributed by atoms with Crippen LogP contribution in [0.5, 0.6) is 0 Å². The molecule has 116 valence electrons. The number of halogens is 3. The van der Waals surface area contributed by atoms with Gasteiger partial charge in [-0.25, -0.2) is 4.79 Å². The van der Waals surface area contributed by atoms with Crippen LogP contribution in [0.3, 0.4) is 0 Å². The van der Waals surface area contributed by atoms with E-state index in [1.165, 1.54) is 0 Å². The van der Waals surface area contributed by atoms with Crippen LogP contribution in [0.25, 0.3) is 0 Å². The monoisotopic (exact) mass is 301 g/mol. The first kappa shape index (κ1) is 15.6. The van der Waals surface area contributed by atoms with Crippen molar-refractivity contribution < 1.29 is 18.0 Å². The van der Waals surface area contributed by atoms with Crippen molar-refractivity contribution in [3.05, 3.63) is 29.6 Å². The molecule has 7 heteroatoms. The van der Waals surface area contributed by atoms with Gasteiger partial charge in [0.05, 0.1) is 0 Å². The van der Waals surface area contributed by atoms with Crippen LogP contribution < -0.4 is 10.6 Å². The van der Waals surface area contributed by atoms with E-state index in [1.807, 2.05) is 13.0 Å². The molecule has 0 atom stereocenters. The van der Waals surface area contributed by atoms with Gasteiger partial charge in [-0.05, 0) is 49.8 Å². The van der Waals surface area contributed by atoms with E-state index >= 15 is 0 Å². The Kier molecular flexibility index (Phi) is 4.39. The molecule has 1 fully saturated rings. The third-order valence-corrected chi connectivity index (χ3v) is 3.92. The third kappa shape index (κ3) is 3.46. The highest BCUT2D eigenvalue weighted by Crippen LogP contribution is 2.44. The highest BCUT2D eigenvalue weighted by atomic mass is 19.4. The van der Waals surface area contributed by atoms with Gasteiger partial charge in [0.1, 0.15) is 5.54 Å². The lowest BCUT2D eigenvalue weighted by atomic mass is 9.76. The SMILES string of the molecule is Cc1cnccc1CCNC(=O)NC1(C(F)(F)F)CCC1. The summed E-state index contributed by atoms with van der Waals surface area (Å²) in [4.78, 5) is 15.6. The molecule has 1 aliphatic rings. The van der Waals surface area contributed by atoms with Crippen molar-refractivity contribution in [3.63, 3.8) is 0 Å². The van der Waals surface area contributed by atoms with Crippen LogP contribution in [-0.2, 0) is 6.42 Å². The smallest absolute Gasteiger partial charge is 0.338 e. The van der Waals surface area contributed by atoms with E-state index in [4.69, 9.17) is 0 Å². The number of pyridine rings is 1. The Labute approximate surface area is 121 Å². The van der Waals surface area contributed by atoms with E-state index in [1.54, 1.807) is 12.4 Å². The molecule has 1 saturated carbocycles. The number of hydrogen-bond donors (Lipinski definition) is 2. The van der Waals surface area contributed by atoms with Crippen LogP contribution in [0.15, 0.2) is 18.5 Å². The lowest BCUT2D eigenvalue weighted by Crippen LogP contribution is -2.64. The van der Waals surface area contributed by atoms with Crippen molar-refractivity contribution in [3.8, 4) is 0 Å². The summed E-state index contributed by atoms with van der Waals surface area (Å²) in [6.07, 6.45) is -0.0976. The standard InChI is InChI=1S/C14H18F3N3O/c1-10-9-18-7-3-11(10)4-8-19-12(21)20-13(5-2-6-13)14(15,16)17/h3,7,9H,2,4-6,8H2,1H3,(H2,19,20,21). The molecular formula is C14H18F3N3O. The zero-order valence-corrected chi connectivity index (χ0v) is 11.8. The normalized spacial score (nSPS) is 17.0. The predicted molar refractivity (Wildman–Crippen MR) is 71.8 cm³/mol. The summed E-state index contributed by atoms with van der Waals surface area (Å²) in [7, 11) is 0. The van der Waals surface area contributed by atoms with Crippen molar-refractivity contribution >= 4 is 6.03 Å². The van der Waals surface area contributed by atoms with E-state index in [9.17, 15) is 18.0 Å². The number of nitrogens with one attached hydrogen (secondary N) is 2. The molecule has 0 bridgehead atoms. The van der Waals surface area contributed by atoms with Gasteiger partial charge in [-0.3, -0.25) is 4.98 Å². The second-order valence-corrected chi connectivity index (χ2v) is 5.37. The van der Waals surface area contributed by atoms with Gasteiger partial charge in [0.2, 0.25) is 0 Å². The fourth-order valence-electron chi connectivity index (χ4n) is 2.36. The summed E-state index contributed by atoms with van der Waals surface area (Å²) in [6, 6.07) is 1.07. The number of carbonyl (C=O) groups excluding carboxylic acids is 1. The summed E-state index contributed by atoms with van der Waals surface area (Å²) in [5, 5.41) is 4.57. The first-order chi connectivity index (χ1) is 9.84. The molecule has 1 heterocycles. The average molecular weight is 301 g/mol. The minimum Gasteiger partial charge on any atom is -0.338 e. The molecular weight excluding hydrogens is 283 g/mol. The zero-order chi connectivity index (χ0) is 15.5. The maximum Gasteiger partial charge on any atom is 0.411 e. The number of nitrogens with zero attached hydrogens (tertiary/aromatic N) is 1. The van der Waals surface area contributed by atoms with Crippen LogP contribution in [0.2, 0.25) is 0 Å². The first-order valence-corrected chi connectivity index (χ1v) is 6.86. The molecule has 2 N–H and O–H groups in total. The van der Waals surface area contributed by atoms with Crippen LogP contribution >= 0.6 is 0 Å². The van der Waals surface area contributed by atoms with E-state index in [-0.39, 0.29) is 19.4 Å². The van der Waals surface area contributed by atoms with Crippen molar-refractivity contribution in [2.45, 2.75) is 44.3 Å². The Morgan fingerprint density at radius 3 is 2.67 bits per heavy atom. The van der Waals surface area contributed by atoms with E-state index in [0.29, 0.717) is 12.8 Å². The number of aryl methyl sites for hydroxylation is 1. The van der Waals surface area contributed by atoms with Gasteiger partial charge >= 0.3 is 12.2 Å². The summed E-state index contributed by atoms with van der Waals surface area (Å²) < 4.78 is 38.7.